The Morgan fingerprint density at radius 3 is 2.21 bits per heavy atom. The van der Waals surface area contributed by atoms with E-state index in [4.69, 9.17) is 4.74 Å². The van der Waals surface area contributed by atoms with Gasteiger partial charge in [0.15, 0.2) is 5.78 Å². The van der Waals surface area contributed by atoms with Crippen molar-refractivity contribution in [3.8, 4) is 5.75 Å². The molecule has 0 radical (unpaired) electrons. The standard InChI is InChI=1S/C34H36N2O3/c1-34(2,3)25-15-11-22(12-16-25)32-31-28(19-24(20-30(31)37)21-13-17-26(39-4)18-14-21)35-27-7-5-6-8-29(27)36(32)33(38)23-9-10-23/h5-8,11-18,23-24,32,35H,9-10,19-20H2,1-4H3/t24-,32+/m1/s1. The van der Waals surface area contributed by atoms with E-state index in [2.05, 4.69) is 62.5 Å². The molecule has 6 rings (SSSR count). The Labute approximate surface area is 230 Å². The van der Waals surface area contributed by atoms with E-state index in [1.807, 2.05) is 41.3 Å². The first-order chi connectivity index (χ1) is 18.7. The molecule has 3 aromatic carbocycles. The monoisotopic (exact) mass is 520 g/mol. The van der Waals surface area contributed by atoms with Crippen LogP contribution in [0.25, 0.3) is 0 Å². The van der Waals surface area contributed by atoms with Gasteiger partial charge in [0.1, 0.15) is 5.75 Å². The second-order valence-corrected chi connectivity index (χ2v) is 12.1. The lowest BCUT2D eigenvalue weighted by Crippen LogP contribution is -2.39. The van der Waals surface area contributed by atoms with Gasteiger partial charge in [-0.3, -0.25) is 14.5 Å². The number of benzene rings is 3. The summed E-state index contributed by atoms with van der Waals surface area (Å²) in [6.07, 6.45) is 2.91. The van der Waals surface area contributed by atoms with E-state index >= 15 is 0 Å². The molecule has 3 aromatic rings. The molecular weight excluding hydrogens is 484 g/mol. The molecule has 1 fully saturated rings. The number of nitrogens with zero attached hydrogens (tertiary/aromatic N) is 1. The van der Waals surface area contributed by atoms with Gasteiger partial charge in [0, 0.05) is 23.6 Å². The molecule has 1 saturated carbocycles. The number of para-hydroxylation sites is 2. The van der Waals surface area contributed by atoms with Crippen LogP contribution >= 0.6 is 0 Å². The predicted molar refractivity (Wildman–Crippen MR) is 155 cm³/mol. The highest BCUT2D eigenvalue weighted by Crippen LogP contribution is 2.49. The van der Waals surface area contributed by atoms with Crippen LogP contribution in [0.1, 0.15) is 75.1 Å². The quantitative estimate of drug-likeness (QED) is 0.392. The molecule has 2 aliphatic carbocycles. The molecule has 200 valence electrons. The molecule has 0 saturated heterocycles. The highest BCUT2D eigenvalue weighted by molar-refractivity contribution is 6.07. The van der Waals surface area contributed by atoms with Gasteiger partial charge < -0.3 is 10.1 Å². The van der Waals surface area contributed by atoms with Crippen molar-refractivity contribution in [2.45, 2.75) is 63.8 Å². The fourth-order valence-corrected chi connectivity index (χ4v) is 5.95. The lowest BCUT2D eigenvalue weighted by Gasteiger charge is -2.35. The highest BCUT2D eigenvalue weighted by Gasteiger charge is 2.45. The maximum atomic E-state index is 14.1. The summed E-state index contributed by atoms with van der Waals surface area (Å²) in [5.74, 6) is 1.07. The maximum absolute atomic E-state index is 14.1. The molecule has 1 aliphatic heterocycles. The van der Waals surface area contributed by atoms with Crippen LogP contribution in [-0.2, 0) is 15.0 Å². The number of ether oxygens (including phenoxy) is 1. The summed E-state index contributed by atoms with van der Waals surface area (Å²) in [5.41, 5.74) is 6.66. The Bertz CT molecular complexity index is 1440. The van der Waals surface area contributed by atoms with Gasteiger partial charge in [-0.1, -0.05) is 69.3 Å². The van der Waals surface area contributed by atoms with Gasteiger partial charge >= 0.3 is 0 Å². The van der Waals surface area contributed by atoms with Gasteiger partial charge in [0.25, 0.3) is 0 Å². The summed E-state index contributed by atoms with van der Waals surface area (Å²) in [6, 6.07) is 24.0. The Hall–Kier alpha value is -3.86. The minimum absolute atomic E-state index is 0.0102. The molecule has 0 unspecified atom stereocenters. The minimum Gasteiger partial charge on any atom is -0.497 e. The zero-order chi connectivity index (χ0) is 27.3. The minimum atomic E-state index is -0.470. The number of rotatable bonds is 4. The van der Waals surface area contributed by atoms with Gasteiger partial charge in [-0.2, -0.15) is 0 Å². The number of amides is 1. The molecule has 5 nitrogen and oxygen atoms in total. The smallest absolute Gasteiger partial charge is 0.231 e. The maximum Gasteiger partial charge on any atom is 0.231 e. The zero-order valence-corrected chi connectivity index (χ0v) is 23.2. The van der Waals surface area contributed by atoms with Crippen LogP contribution in [0.3, 0.4) is 0 Å². The molecule has 0 aromatic heterocycles. The molecule has 1 N–H and O–H groups in total. The van der Waals surface area contributed by atoms with Crippen molar-refractivity contribution in [3.63, 3.8) is 0 Å². The molecule has 39 heavy (non-hydrogen) atoms. The lowest BCUT2D eigenvalue weighted by molar-refractivity contribution is -0.120. The largest absolute Gasteiger partial charge is 0.497 e. The first-order valence-corrected chi connectivity index (χ1v) is 13.9. The average Bonchev–Trinajstić information content (AvgIpc) is 3.79. The van der Waals surface area contributed by atoms with E-state index in [1.165, 1.54) is 5.56 Å². The fourth-order valence-electron chi connectivity index (χ4n) is 5.95. The number of hydrogen-bond acceptors (Lipinski definition) is 4. The third kappa shape index (κ3) is 4.75. The van der Waals surface area contributed by atoms with Crippen LogP contribution in [0.15, 0.2) is 84.1 Å². The van der Waals surface area contributed by atoms with Crippen molar-refractivity contribution in [1.29, 1.82) is 0 Å². The van der Waals surface area contributed by atoms with E-state index in [0.29, 0.717) is 18.4 Å². The second kappa shape index (κ2) is 9.71. The average molecular weight is 521 g/mol. The Morgan fingerprint density at radius 2 is 1.56 bits per heavy atom. The third-order valence-corrected chi connectivity index (χ3v) is 8.33. The number of Topliss-reactive ketones (excluding diaryl/α,β-unsaturated/α-hetero) is 1. The number of fused-ring (bicyclic) bond motifs is 1. The SMILES string of the molecule is COc1ccc([C@H]2CC(=O)C3=C(C2)Nc2ccccc2N(C(=O)C2CC2)[C@H]3c2ccc(C(C)(C)C)cc2)cc1. The van der Waals surface area contributed by atoms with Crippen molar-refractivity contribution in [3.05, 3.63) is 101 Å². The number of carbonyl (C=O) groups excluding carboxylic acids is 2. The molecule has 0 bridgehead atoms. The summed E-state index contributed by atoms with van der Waals surface area (Å²) in [5, 5.41) is 3.63. The first kappa shape index (κ1) is 25.4. The molecule has 1 amide bonds. The van der Waals surface area contributed by atoms with Crippen molar-refractivity contribution >= 4 is 23.1 Å². The van der Waals surface area contributed by atoms with E-state index in [1.54, 1.807) is 7.11 Å². The van der Waals surface area contributed by atoms with Gasteiger partial charge in [0.05, 0.1) is 24.5 Å². The topological polar surface area (TPSA) is 58.6 Å². The van der Waals surface area contributed by atoms with Crippen molar-refractivity contribution < 1.29 is 14.3 Å². The highest BCUT2D eigenvalue weighted by atomic mass is 16.5. The third-order valence-electron chi connectivity index (χ3n) is 8.33. The summed E-state index contributed by atoms with van der Waals surface area (Å²) in [4.78, 5) is 30.0. The predicted octanol–water partition coefficient (Wildman–Crippen LogP) is 7.30. The molecule has 0 spiro atoms. The van der Waals surface area contributed by atoms with E-state index < -0.39 is 6.04 Å². The molecule has 2 atom stereocenters. The first-order valence-electron chi connectivity index (χ1n) is 13.9. The van der Waals surface area contributed by atoms with Crippen LogP contribution < -0.4 is 15.0 Å². The fraction of sp³-hybridized carbons (Fsp3) is 0.353. The second-order valence-electron chi connectivity index (χ2n) is 12.1. The number of allylic oxidation sites excluding steroid dienone is 1. The van der Waals surface area contributed by atoms with Crippen LogP contribution in [0.2, 0.25) is 0 Å². The lowest BCUT2D eigenvalue weighted by atomic mass is 9.77. The Kier molecular flexibility index (Phi) is 6.33. The molecule has 5 heteroatoms. The van der Waals surface area contributed by atoms with Crippen LogP contribution in [0, 0.1) is 5.92 Å². The van der Waals surface area contributed by atoms with E-state index in [0.717, 1.165) is 46.8 Å². The van der Waals surface area contributed by atoms with Gasteiger partial charge in [0.2, 0.25) is 5.91 Å². The van der Waals surface area contributed by atoms with Crippen molar-refractivity contribution in [2.24, 2.45) is 5.92 Å². The van der Waals surface area contributed by atoms with Crippen LogP contribution in [0.5, 0.6) is 5.75 Å². The number of ketones is 1. The Morgan fingerprint density at radius 1 is 0.897 bits per heavy atom. The van der Waals surface area contributed by atoms with Gasteiger partial charge in [-0.25, -0.2) is 0 Å². The molecule has 1 heterocycles. The molecule has 3 aliphatic rings. The number of methoxy groups -OCH3 is 1. The summed E-state index contributed by atoms with van der Waals surface area (Å²) < 4.78 is 5.34. The van der Waals surface area contributed by atoms with Crippen molar-refractivity contribution in [1.82, 2.24) is 0 Å². The summed E-state index contributed by atoms with van der Waals surface area (Å²) >= 11 is 0. The molecular formula is C34H36N2O3. The normalized spacial score (nSPS) is 21.0. The van der Waals surface area contributed by atoms with Gasteiger partial charge in [-0.15, -0.1) is 0 Å². The number of anilines is 2. The Balaban J connectivity index is 1.50. The zero-order valence-electron chi connectivity index (χ0n) is 23.2. The van der Waals surface area contributed by atoms with E-state index in [9.17, 15) is 9.59 Å². The van der Waals surface area contributed by atoms with Crippen LogP contribution in [0.4, 0.5) is 11.4 Å². The number of carbonyl (C=O) groups is 2. The van der Waals surface area contributed by atoms with E-state index in [-0.39, 0.29) is 28.9 Å². The summed E-state index contributed by atoms with van der Waals surface area (Å²) in [7, 11) is 1.66. The number of nitrogens with one attached hydrogen (secondary N) is 1. The summed E-state index contributed by atoms with van der Waals surface area (Å²) in [6.45, 7) is 6.59. The van der Waals surface area contributed by atoms with Gasteiger partial charge in [-0.05, 0) is 71.6 Å². The van der Waals surface area contributed by atoms with Crippen LogP contribution in [-0.4, -0.2) is 18.8 Å². The number of hydrogen-bond donors (Lipinski definition) is 1. The van der Waals surface area contributed by atoms with Crippen molar-refractivity contribution in [2.75, 3.05) is 17.3 Å².